The highest BCUT2D eigenvalue weighted by molar-refractivity contribution is 5.95. The Morgan fingerprint density at radius 3 is 2.65 bits per heavy atom. The van der Waals surface area contributed by atoms with Crippen LogP contribution in [0.3, 0.4) is 0 Å². The molecular formula is C15H22N2O6. The number of pyridine rings is 1. The van der Waals surface area contributed by atoms with Crippen molar-refractivity contribution in [2.75, 3.05) is 34.0 Å². The van der Waals surface area contributed by atoms with Crippen LogP contribution in [-0.2, 0) is 14.3 Å². The van der Waals surface area contributed by atoms with Crippen molar-refractivity contribution >= 4 is 11.9 Å². The maximum Gasteiger partial charge on any atom is 0.305 e. The number of carbonyl (C=O) groups excluding carboxylic acids is 1. The fourth-order valence-corrected chi connectivity index (χ4v) is 1.99. The zero-order valence-corrected chi connectivity index (χ0v) is 13.5. The van der Waals surface area contributed by atoms with E-state index >= 15 is 0 Å². The molecule has 8 nitrogen and oxygen atoms in total. The van der Waals surface area contributed by atoms with E-state index in [0.717, 1.165) is 0 Å². The summed E-state index contributed by atoms with van der Waals surface area (Å²) in [6.07, 6.45) is 1.19. The van der Waals surface area contributed by atoms with E-state index < -0.39 is 17.4 Å². The molecule has 0 saturated carbocycles. The lowest BCUT2D eigenvalue weighted by atomic mass is 9.98. The van der Waals surface area contributed by atoms with Gasteiger partial charge in [-0.15, -0.1) is 0 Å². The van der Waals surface area contributed by atoms with Gasteiger partial charge in [0.25, 0.3) is 5.91 Å². The summed E-state index contributed by atoms with van der Waals surface area (Å²) in [6, 6.07) is 3.01. The molecule has 0 bridgehead atoms. The van der Waals surface area contributed by atoms with Crippen LogP contribution >= 0.6 is 0 Å². The first kappa shape index (κ1) is 18.9. The van der Waals surface area contributed by atoms with Gasteiger partial charge in [-0.2, -0.15) is 0 Å². The van der Waals surface area contributed by atoms with Crippen molar-refractivity contribution in [1.29, 1.82) is 0 Å². The molecular weight excluding hydrogens is 304 g/mol. The summed E-state index contributed by atoms with van der Waals surface area (Å²) < 4.78 is 15.2. The normalized spacial score (nSPS) is 13.2. The first-order valence-electron chi connectivity index (χ1n) is 7.01. The van der Waals surface area contributed by atoms with E-state index in [1.807, 2.05) is 0 Å². The smallest absolute Gasteiger partial charge is 0.305 e. The van der Waals surface area contributed by atoms with E-state index in [0.29, 0.717) is 24.7 Å². The predicted octanol–water partition coefficient (Wildman–Crippen LogP) is 0.716. The number of methoxy groups -OCH3 is 2. The fourth-order valence-electron chi connectivity index (χ4n) is 1.99. The third kappa shape index (κ3) is 6.62. The van der Waals surface area contributed by atoms with Crippen molar-refractivity contribution < 1.29 is 28.9 Å². The van der Waals surface area contributed by atoms with E-state index in [1.54, 1.807) is 14.0 Å². The Hall–Kier alpha value is -2.19. The van der Waals surface area contributed by atoms with E-state index in [-0.39, 0.29) is 13.0 Å². The Bertz CT molecular complexity index is 536. The zero-order chi connectivity index (χ0) is 17.3. The number of amides is 1. The number of nitrogens with zero attached hydrogens (tertiary/aromatic N) is 1. The molecule has 1 atom stereocenters. The topological polar surface area (TPSA) is 107 Å². The first-order valence-corrected chi connectivity index (χ1v) is 7.01. The van der Waals surface area contributed by atoms with Gasteiger partial charge in [0.2, 0.25) is 5.88 Å². The predicted molar refractivity (Wildman–Crippen MR) is 81.6 cm³/mol. The van der Waals surface area contributed by atoms with Gasteiger partial charge >= 0.3 is 5.97 Å². The SMILES string of the molecule is COCCOc1cc(C(=O)NC(C)(COC)CC(=O)O)ccn1. The first-order chi connectivity index (χ1) is 10.9. The van der Waals surface area contributed by atoms with Crippen LogP contribution in [-0.4, -0.2) is 61.5 Å². The Balaban J connectivity index is 2.78. The summed E-state index contributed by atoms with van der Waals surface area (Å²) in [5.74, 6) is -1.16. The third-order valence-corrected chi connectivity index (χ3v) is 2.95. The summed E-state index contributed by atoms with van der Waals surface area (Å²) in [7, 11) is 3.00. The van der Waals surface area contributed by atoms with Crippen LogP contribution in [0.25, 0.3) is 0 Å². The molecule has 1 aromatic rings. The lowest BCUT2D eigenvalue weighted by molar-refractivity contribution is -0.139. The highest BCUT2D eigenvalue weighted by Crippen LogP contribution is 2.14. The lowest BCUT2D eigenvalue weighted by Crippen LogP contribution is -2.50. The quantitative estimate of drug-likeness (QED) is 0.610. The van der Waals surface area contributed by atoms with Gasteiger partial charge in [0, 0.05) is 32.0 Å². The van der Waals surface area contributed by atoms with E-state index in [9.17, 15) is 9.59 Å². The molecule has 8 heteroatoms. The number of aromatic nitrogens is 1. The standard InChI is InChI=1S/C15H22N2O6/c1-15(10-22-3,9-13(18)19)17-14(20)11-4-5-16-12(8-11)23-7-6-21-2/h4-5,8H,6-7,9-10H2,1-3H3,(H,17,20)(H,18,19). The zero-order valence-electron chi connectivity index (χ0n) is 13.5. The molecule has 0 saturated heterocycles. The van der Waals surface area contributed by atoms with Gasteiger partial charge in [0.05, 0.1) is 25.2 Å². The Morgan fingerprint density at radius 2 is 2.04 bits per heavy atom. The molecule has 23 heavy (non-hydrogen) atoms. The summed E-state index contributed by atoms with van der Waals surface area (Å²) in [5.41, 5.74) is -0.696. The number of nitrogens with one attached hydrogen (secondary N) is 1. The summed E-state index contributed by atoms with van der Waals surface area (Å²) in [4.78, 5) is 27.3. The minimum Gasteiger partial charge on any atom is -0.481 e. The van der Waals surface area contributed by atoms with Crippen molar-refractivity contribution in [1.82, 2.24) is 10.3 Å². The molecule has 1 unspecified atom stereocenters. The van der Waals surface area contributed by atoms with Crippen LogP contribution in [0.2, 0.25) is 0 Å². The van der Waals surface area contributed by atoms with Gasteiger partial charge in [-0.3, -0.25) is 9.59 Å². The molecule has 1 aromatic heterocycles. The van der Waals surface area contributed by atoms with Crippen LogP contribution in [0, 0.1) is 0 Å². The molecule has 0 aromatic carbocycles. The van der Waals surface area contributed by atoms with Crippen molar-refractivity contribution in [2.45, 2.75) is 18.9 Å². The van der Waals surface area contributed by atoms with Gasteiger partial charge < -0.3 is 24.6 Å². The number of ether oxygens (including phenoxy) is 3. The summed E-state index contributed by atoms with van der Waals surface area (Å²) >= 11 is 0. The highest BCUT2D eigenvalue weighted by Gasteiger charge is 2.30. The number of rotatable bonds is 10. The molecule has 1 amide bonds. The summed E-state index contributed by atoms with van der Waals surface area (Å²) in [6.45, 7) is 2.41. The van der Waals surface area contributed by atoms with Crippen molar-refractivity contribution in [3.8, 4) is 5.88 Å². The van der Waals surface area contributed by atoms with Crippen molar-refractivity contribution in [3.63, 3.8) is 0 Å². The van der Waals surface area contributed by atoms with E-state index in [1.165, 1.54) is 25.4 Å². The van der Waals surface area contributed by atoms with E-state index in [4.69, 9.17) is 19.3 Å². The average Bonchev–Trinajstić information content (AvgIpc) is 2.47. The Labute approximate surface area is 134 Å². The van der Waals surface area contributed by atoms with Gasteiger partial charge in [-0.1, -0.05) is 0 Å². The monoisotopic (exact) mass is 326 g/mol. The second-order valence-corrected chi connectivity index (χ2v) is 5.24. The molecule has 2 N–H and O–H groups in total. The number of carbonyl (C=O) groups is 2. The molecule has 1 heterocycles. The highest BCUT2D eigenvalue weighted by atomic mass is 16.5. The molecule has 1 rings (SSSR count). The number of hydrogen-bond acceptors (Lipinski definition) is 6. The Kier molecular flexibility index (Phi) is 7.43. The molecule has 0 aliphatic carbocycles. The van der Waals surface area contributed by atoms with Crippen LogP contribution in [0.5, 0.6) is 5.88 Å². The van der Waals surface area contributed by atoms with Crippen LogP contribution in [0.1, 0.15) is 23.7 Å². The summed E-state index contributed by atoms with van der Waals surface area (Å²) in [5, 5.41) is 11.7. The lowest BCUT2D eigenvalue weighted by Gasteiger charge is -2.28. The molecule has 0 aliphatic heterocycles. The molecule has 0 spiro atoms. The Morgan fingerprint density at radius 1 is 1.30 bits per heavy atom. The van der Waals surface area contributed by atoms with Crippen LogP contribution in [0.15, 0.2) is 18.3 Å². The van der Waals surface area contributed by atoms with Gasteiger partial charge in [0.1, 0.15) is 6.61 Å². The maximum atomic E-state index is 12.3. The molecule has 0 radical (unpaired) electrons. The molecule has 0 fully saturated rings. The maximum absolute atomic E-state index is 12.3. The van der Waals surface area contributed by atoms with Crippen molar-refractivity contribution in [2.24, 2.45) is 0 Å². The fraction of sp³-hybridized carbons (Fsp3) is 0.533. The van der Waals surface area contributed by atoms with Crippen molar-refractivity contribution in [3.05, 3.63) is 23.9 Å². The van der Waals surface area contributed by atoms with Crippen LogP contribution in [0.4, 0.5) is 0 Å². The average molecular weight is 326 g/mol. The minimum absolute atomic E-state index is 0.0767. The molecule has 128 valence electrons. The number of aliphatic carboxylic acids is 1. The third-order valence-electron chi connectivity index (χ3n) is 2.95. The largest absolute Gasteiger partial charge is 0.481 e. The molecule has 0 aliphatic rings. The van der Waals surface area contributed by atoms with Gasteiger partial charge in [-0.05, 0) is 13.0 Å². The number of hydrogen-bond donors (Lipinski definition) is 2. The second-order valence-electron chi connectivity index (χ2n) is 5.24. The van der Waals surface area contributed by atoms with Gasteiger partial charge in [-0.25, -0.2) is 4.98 Å². The number of carboxylic acid groups (broad SMARTS) is 1. The van der Waals surface area contributed by atoms with Crippen LogP contribution < -0.4 is 10.1 Å². The van der Waals surface area contributed by atoms with Gasteiger partial charge in [0.15, 0.2) is 0 Å². The van der Waals surface area contributed by atoms with E-state index in [2.05, 4.69) is 10.3 Å². The number of carboxylic acids is 1. The minimum atomic E-state index is -1.02. The second kappa shape index (κ2) is 9.06.